The molecule has 1 aromatic rings. The Morgan fingerprint density at radius 3 is 2.71 bits per heavy atom. The minimum Gasteiger partial charge on any atom is -0.483 e. The van der Waals surface area contributed by atoms with Crippen LogP contribution in [0.1, 0.15) is 18.9 Å². The van der Waals surface area contributed by atoms with Crippen LogP contribution in [0.4, 0.5) is 0 Å². The number of hydrogen-bond acceptors (Lipinski definition) is 5. The van der Waals surface area contributed by atoms with Crippen molar-refractivity contribution in [3.63, 3.8) is 0 Å². The number of aliphatic hydroxyl groups excluding tert-OH is 1. The smallest absolute Gasteiger partial charge is 0.260 e. The molecule has 0 spiro atoms. The largest absolute Gasteiger partial charge is 0.483 e. The van der Waals surface area contributed by atoms with Crippen LogP contribution in [0.5, 0.6) is 5.75 Å². The summed E-state index contributed by atoms with van der Waals surface area (Å²) in [6.07, 6.45) is 0.798. The molecule has 0 saturated carbocycles. The SMILES string of the molecule is CCCN(CCO)C(=O)COc1ccccc1C(N)=NO. The molecule has 0 radical (unpaired) electrons. The molecular formula is C14H21N3O4. The van der Waals surface area contributed by atoms with E-state index in [0.29, 0.717) is 17.9 Å². The molecule has 0 saturated heterocycles. The molecule has 0 heterocycles. The van der Waals surface area contributed by atoms with Gasteiger partial charge in [0.25, 0.3) is 5.91 Å². The van der Waals surface area contributed by atoms with Gasteiger partial charge >= 0.3 is 0 Å². The standard InChI is InChI=1S/C14H21N3O4/c1-2-7-17(8-9-18)13(19)10-21-12-6-4-3-5-11(12)14(15)16-20/h3-6,18,20H,2,7-10H2,1H3,(H2,15,16). The number of amides is 1. The number of aliphatic hydroxyl groups is 1. The van der Waals surface area contributed by atoms with Crippen molar-refractivity contribution in [3.05, 3.63) is 29.8 Å². The number of nitrogens with zero attached hydrogens (tertiary/aromatic N) is 2. The van der Waals surface area contributed by atoms with Crippen molar-refractivity contribution >= 4 is 11.7 Å². The molecule has 0 aliphatic carbocycles. The molecule has 0 aliphatic rings. The minimum atomic E-state index is -0.222. The van der Waals surface area contributed by atoms with Crippen LogP contribution < -0.4 is 10.5 Å². The van der Waals surface area contributed by atoms with Gasteiger partial charge in [-0.1, -0.05) is 24.2 Å². The normalized spacial score (nSPS) is 11.2. The third-order valence-corrected chi connectivity index (χ3v) is 2.84. The van der Waals surface area contributed by atoms with E-state index in [1.54, 1.807) is 24.3 Å². The molecule has 116 valence electrons. The van der Waals surface area contributed by atoms with E-state index in [2.05, 4.69) is 5.16 Å². The van der Waals surface area contributed by atoms with Gasteiger partial charge in [0.2, 0.25) is 0 Å². The van der Waals surface area contributed by atoms with Crippen LogP contribution in [0.25, 0.3) is 0 Å². The first kappa shape index (κ1) is 16.8. The average molecular weight is 295 g/mol. The van der Waals surface area contributed by atoms with E-state index in [4.69, 9.17) is 20.8 Å². The number of carbonyl (C=O) groups is 1. The van der Waals surface area contributed by atoms with Gasteiger partial charge in [-0.25, -0.2) is 0 Å². The molecule has 1 aromatic carbocycles. The molecule has 1 amide bonds. The molecular weight excluding hydrogens is 274 g/mol. The molecule has 0 atom stereocenters. The number of para-hydroxylation sites is 1. The number of ether oxygens (including phenoxy) is 1. The van der Waals surface area contributed by atoms with Gasteiger partial charge in [-0.15, -0.1) is 0 Å². The number of hydrogen-bond donors (Lipinski definition) is 3. The Labute approximate surface area is 123 Å². The fourth-order valence-corrected chi connectivity index (χ4v) is 1.84. The van der Waals surface area contributed by atoms with Crippen LogP contribution in [0, 0.1) is 0 Å². The van der Waals surface area contributed by atoms with Gasteiger partial charge < -0.3 is 25.7 Å². The van der Waals surface area contributed by atoms with E-state index >= 15 is 0 Å². The maximum atomic E-state index is 12.0. The van der Waals surface area contributed by atoms with E-state index in [1.807, 2.05) is 6.92 Å². The lowest BCUT2D eigenvalue weighted by Gasteiger charge is -2.21. The molecule has 0 unspecified atom stereocenters. The highest BCUT2D eigenvalue weighted by Crippen LogP contribution is 2.17. The second-order valence-corrected chi connectivity index (χ2v) is 4.37. The van der Waals surface area contributed by atoms with E-state index in [9.17, 15) is 4.79 Å². The van der Waals surface area contributed by atoms with E-state index < -0.39 is 0 Å². The van der Waals surface area contributed by atoms with Gasteiger partial charge in [-0.2, -0.15) is 0 Å². The first-order valence-corrected chi connectivity index (χ1v) is 6.72. The summed E-state index contributed by atoms with van der Waals surface area (Å²) in [5, 5.41) is 20.6. The monoisotopic (exact) mass is 295 g/mol. The van der Waals surface area contributed by atoms with Gasteiger partial charge in [0.15, 0.2) is 12.4 Å². The maximum absolute atomic E-state index is 12.0. The van der Waals surface area contributed by atoms with Crippen molar-refractivity contribution < 1.29 is 19.8 Å². The van der Waals surface area contributed by atoms with Crippen LogP contribution in [0.3, 0.4) is 0 Å². The number of oxime groups is 1. The Kier molecular flexibility index (Phi) is 7.03. The van der Waals surface area contributed by atoms with Crippen LogP contribution >= 0.6 is 0 Å². The minimum absolute atomic E-state index is 0.0844. The van der Waals surface area contributed by atoms with Gasteiger partial charge in [0.05, 0.1) is 12.2 Å². The zero-order valence-electron chi connectivity index (χ0n) is 12.0. The third kappa shape index (κ3) is 4.96. The number of benzene rings is 1. The van der Waals surface area contributed by atoms with Gasteiger partial charge in [0, 0.05) is 13.1 Å². The Hall–Kier alpha value is -2.28. The lowest BCUT2D eigenvalue weighted by Crippen LogP contribution is -2.37. The van der Waals surface area contributed by atoms with Crippen LogP contribution in [0.15, 0.2) is 29.4 Å². The zero-order valence-corrected chi connectivity index (χ0v) is 12.0. The van der Waals surface area contributed by atoms with Crippen molar-refractivity contribution in [1.82, 2.24) is 4.90 Å². The average Bonchev–Trinajstić information content (AvgIpc) is 2.52. The highest BCUT2D eigenvalue weighted by Gasteiger charge is 2.14. The molecule has 7 nitrogen and oxygen atoms in total. The summed E-state index contributed by atoms with van der Waals surface area (Å²) in [6, 6.07) is 6.71. The second-order valence-electron chi connectivity index (χ2n) is 4.37. The number of carbonyl (C=O) groups excluding carboxylic acids is 1. The van der Waals surface area contributed by atoms with Gasteiger partial charge in [-0.05, 0) is 18.6 Å². The Morgan fingerprint density at radius 2 is 2.10 bits per heavy atom. The number of nitrogens with two attached hydrogens (primary N) is 1. The zero-order chi connectivity index (χ0) is 15.7. The predicted molar refractivity (Wildman–Crippen MR) is 78.4 cm³/mol. The molecule has 1 rings (SSSR count). The van der Waals surface area contributed by atoms with E-state index in [-0.39, 0.29) is 31.5 Å². The number of amidine groups is 1. The van der Waals surface area contributed by atoms with E-state index in [0.717, 1.165) is 6.42 Å². The van der Waals surface area contributed by atoms with Gasteiger partial charge in [0.1, 0.15) is 5.75 Å². The molecule has 0 aromatic heterocycles. The van der Waals surface area contributed by atoms with Crippen LogP contribution in [-0.4, -0.2) is 53.3 Å². The molecule has 7 heteroatoms. The van der Waals surface area contributed by atoms with Gasteiger partial charge in [-0.3, -0.25) is 4.79 Å². The summed E-state index contributed by atoms with van der Waals surface area (Å²) in [6.45, 7) is 2.52. The van der Waals surface area contributed by atoms with Crippen molar-refractivity contribution in [1.29, 1.82) is 0 Å². The Balaban J connectivity index is 2.72. The summed E-state index contributed by atoms with van der Waals surface area (Å²) in [5.74, 6) is 0.0561. The van der Waals surface area contributed by atoms with Crippen molar-refractivity contribution in [2.45, 2.75) is 13.3 Å². The summed E-state index contributed by atoms with van der Waals surface area (Å²) in [4.78, 5) is 13.6. The first-order chi connectivity index (χ1) is 10.1. The summed E-state index contributed by atoms with van der Waals surface area (Å²) >= 11 is 0. The third-order valence-electron chi connectivity index (χ3n) is 2.84. The van der Waals surface area contributed by atoms with Crippen LogP contribution in [0.2, 0.25) is 0 Å². The van der Waals surface area contributed by atoms with E-state index in [1.165, 1.54) is 4.90 Å². The highest BCUT2D eigenvalue weighted by molar-refractivity contribution is 5.99. The van der Waals surface area contributed by atoms with Crippen molar-refractivity contribution in [2.75, 3.05) is 26.3 Å². The molecule has 0 bridgehead atoms. The fraction of sp³-hybridized carbons (Fsp3) is 0.429. The van der Waals surface area contributed by atoms with Crippen LogP contribution in [-0.2, 0) is 4.79 Å². The number of rotatable bonds is 8. The second kappa shape index (κ2) is 8.80. The summed E-state index contributed by atoms with van der Waals surface area (Å²) in [7, 11) is 0. The Morgan fingerprint density at radius 1 is 1.38 bits per heavy atom. The van der Waals surface area contributed by atoms with Crippen molar-refractivity contribution in [2.24, 2.45) is 10.9 Å². The molecule has 4 N–H and O–H groups in total. The molecule has 0 aliphatic heterocycles. The lowest BCUT2D eigenvalue weighted by atomic mass is 10.2. The highest BCUT2D eigenvalue weighted by atomic mass is 16.5. The predicted octanol–water partition coefficient (Wildman–Crippen LogP) is 0.391. The first-order valence-electron chi connectivity index (χ1n) is 6.72. The fourth-order valence-electron chi connectivity index (χ4n) is 1.84. The molecule has 0 fully saturated rings. The van der Waals surface area contributed by atoms with Crippen molar-refractivity contribution in [3.8, 4) is 5.75 Å². The molecule has 21 heavy (non-hydrogen) atoms. The lowest BCUT2D eigenvalue weighted by molar-refractivity contribution is -0.133. The maximum Gasteiger partial charge on any atom is 0.260 e. The quantitative estimate of drug-likeness (QED) is 0.278. The Bertz CT molecular complexity index is 485. The summed E-state index contributed by atoms with van der Waals surface area (Å²) in [5.41, 5.74) is 5.96. The topological polar surface area (TPSA) is 108 Å². The summed E-state index contributed by atoms with van der Waals surface area (Å²) < 4.78 is 5.45.